The second-order valence-electron chi connectivity index (χ2n) is 5.82. The van der Waals surface area contributed by atoms with Gasteiger partial charge in [-0.2, -0.15) is 5.10 Å². The predicted octanol–water partition coefficient (Wildman–Crippen LogP) is 3.10. The van der Waals surface area contributed by atoms with Crippen LogP contribution in [0.2, 0.25) is 0 Å². The Hall–Kier alpha value is -2.89. The van der Waals surface area contributed by atoms with Crippen LogP contribution in [-0.4, -0.2) is 38.6 Å². The summed E-state index contributed by atoms with van der Waals surface area (Å²) in [4.78, 5) is 19.1. The molecule has 6 heteroatoms. The Labute approximate surface area is 147 Å². The molecule has 0 spiro atoms. The van der Waals surface area contributed by atoms with Crippen molar-refractivity contribution < 1.29 is 9.53 Å². The molecule has 0 aliphatic carbocycles. The summed E-state index contributed by atoms with van der Waals surface area (Å²) in [7, 11) is 0. The van der Waals surface area contributed by atoms with Crippen molar-refractivity contribution in [1.82, 2.24) is 19.5 Å². The zero-order valence-corrected chi connectivity index (χ0v) is 14.8. The summed E-state index contributed by atoms with van der Waals surface area (Å²) in [6.45, 7) is 7.51. The van der Waals surface area contributed by atoms with Crippen molar-refractivity contribution in [3.63, 3.8) is 0 Å². The number of ether oxygens (including phenoxy) is 1. The van der Waals surface area contributed by atoms with Gasteiger partial charge in [0.25, 0.3) is 5.91 Å². The standard InChI is InChI=1S/C19H22N4O2/c1-4-22(13-15-8-6-7-9-17(15)25-5-2)19(24)16-11-21-23-12-14(3)10-20-18(16)23/h6-12H,4-5,13H2,1-3H3. The molecule has 0 atom stereocenters. The van der Waals surface area contributed by atoms with Crippen LogP contribution in [-0.2, 0) is 6.54 Å². The molecule has 0 aliphatic heterocycles. The highest BCUT2D eigenvalue weighted by molar-refractivity contribution is 5.99. The topological polar surface area (TPSA) is 59.7 Å². The van der Waals surface area contributed by atoms with Crippen LogP contribution in [0.1, 0.15) is 35.3 Å². The maximum Gasteiger partial charge on any atom is 0.259 e. The first kappa shape index (κ1) is 17.0. The molecule has 0 unspecified atom stereocenters. The summed E-state index contributed by atoms with van der Waals surface area (Å²) < 4.78 is 7.31. The highest BCUT2D eigenvalue weighted by Crippen LogP contribution is 2.21. The van der Waals surface area contributed by atoms with Crippen LogP contribution in [0.3, 0.4) is 0 Å². The third kappa shape index (κ3) is 3.47. The molecule has 0 fully saturated rings. The Balaban J connectivity index is 1.89. The fourth-order valence-corrected chi connectivity index (χ4v) is 2.75. The fourth-order valence-electron chi connectivity index (χ4n) is 2.75. The molecule has 1 aromatic carbocycles. The van der Waals surface area contributed by atoms with Crippen LogP contribution < -0.4 is 4.74 Å². The SMILES string of the molecule is CCOc1ccccc1CN(CC)C(=O)c1cnn2cc(C)cnc12. The van der Waals surface area contributed by atoms with Gasteiger partial charge in [0.15, 0.2) is 5.65 Å². The molecule has 130 valence electrons. The first-order chi connectivity index (χ1) is 12.1. The zero-order valence-electron chi connectivity index (χ0n) is 14.8. The normalized spacial score (nSPS) is 10.8. The number of carbonyl (C=O) groups excluding carboxylic acids is 1. The van der Waals surface area contributed by atoms with Crippen LogP contribution >= 0.6 is 0 Å². The number of fused-ring (bicyclic) bond motifs is 1. The minimum Gasteiger partial charge on any atom is -0.494 e. The molecule has 2 aromatic heterocycles. The Morgan fingerprint density at radius 3 is 2.80 bits per heavy atom. The molecular weight excluding hydrogens is 316 g/mol. The number of benzene rings is 1. The molecule has 0 N–H and O–H groups in total. The Bertz CT molecular complexity index is 888. The molecule has 3 rings (SSSR count). The number of aromatic nitrogens is 3. The number of hydrogen-bond donors (Lipinski definition) is 0. The summed E-state index contributed by atoms with van der Waals surface area (Å²) in [6.07, 6.45) is 5.19. The van der Waals surface area contributed by atoms with Crippen molar-refractivity contribution in [3.8, 4) is 5.75 Å². The van der Waals surface area contributed by atoms with E-state index in [-0.39, 0.29) is 5.91 Å². The molecule has 0 aliphatic rings. The monoisotopic (exact) mass is 338 g/mol. The highest BCUT2D eigenvalue weighted by atomic mass is 16.5. The van der Waals surface area contributed by atoms with Crippen molar-refractivity contribution >= 4 is 11.6 Å². The van der Waals surface area contributed by atoms with Gasteiger partial charge in [-0.15, -0.1) is 0 Å². The number of amides is 1. The van der Waals surface area contributed by atoms with Crippen molar-refractivity contribution in [2.75, 3.05) is 13.2 Å². The zero-order chi connectivity index (χ0) is 17.8. The van der Waals surface area contributed by atoms with Crippen molar-refractivity contribution in [3.05, 3.63) is 59.5 Å². The van der Waals surface area contributed by atoms with Gasteiger partial charge in [0.2, 0.25) is 0 Å². The van der Waals surface area contributed by atoms with Crippen LogP contribution in [0.5, 0.6) is 5.75 Å². The lowest BCUT2D eigenvalue weighted by atomic mass is 10.1. The van der Waals surface area contributed by atoms with E-state index < -0.39 is 0 Å². The molecular formula is C19H22N4O2. The minimum atomic E-state index is -0.0832. The lowest BCUT2D eigenvalue weighted by Gasteiger charge is -2.22. The summed E-state index contributed by atoms with van der Waals surface area (Å²) in [5.74, 6) is 0.727. The van der Waals surface area contributed by atoms with E-state index in [0.717, 1.165) is 16.9 Å². The molecule has 2 heterocycles. The average Bonchev–Trinajstić information content (AvgIpc) is 3.03. The van der Waals surface area contributed by atoms with E-state index in [1.165, 1.54) is 0 Å². The third-order valence-corrected chi connectivity index (χ3v) is 4.02. The highest BCUT2D eigenvalue weighted by Gasteiger charge is 2.21. The van der Waals surface area contributed by atoms with E-state index in [2.05, 4.69) is 10.1 Å². The first-order valence-electron chi connectivity index (χ1n) is 8.44. The lowest BCUT2D eigenvalue weighted by Crippen LogP contribution is -2.30. The lowest BCUT2D eigenvalue weighted by molar-refractivity contribution is 0.0753. The van der Waals surface area contributed by atoms with E-state index in [1.54, 1.807) is 21.8 Å². The predicted molar refractivity (Wildman–Crippen MR) is 95.7 cm³/mol. The van der Waals surface area contributed by atoms with Gasteiger partial charge in [-0.05, 0) is 32.4 Å². The second kappa shape index (κ2) is 7.34. The number of aryl methyl sites for hydroxylation is 1. The van der Waals surface area contributed by atoms with Crippen LogP contribution in [0, 0.1) is 6.92 Å². The molecule has 0 saturated carbocycles. The van der Waals surface area contributed by atoms with Gasteiger partial charge in [-0.1, -0.05) is 18.2 Å². The summed E-state index contributed by atoms with van der Waals surface area (Å²) in [5.41, 5.74) is 3.07. The second-order valence-corrected chi connectivity index (χ2v) is 5.82. The largest absolute Gasteiger partial charge is 0.494 e. The smallest absolute Gasteiger partial charge is 0.259 e. The van der Waals surface area contributed by atoms with Crippen molar-refractivity contribution in [2.24, 2.45) is 0 Å². The number of para-hydroxylation sites is 1. The third-order valence-electron chi connectivity index (χ3n) is 4.02. The van der Waals surface area contributed by atoms with E-state index in [0.29, 0.717) is 30.9 Å². The van der Waals surface area contributed by atoms with Gasteiger partial charge in [0, 0.05) is 31.0 Å². The van der Waals surface area contributed by atoms with Crippen LogP contribution in [0.15, 0.2) is 42.9 Å². The van der Waals surface area contributed by atoms with Gasteiger partial charge in [0.05, 0.1) is 12.8 Å². The van der Waals surface area contributed by atoms with Gasteiger partial charge >= 0.3 is 0 Å². The number of nitrogens with zero attached hydrogens (tertiary/aromatic N) is 4. The first-order valence-corrected chi connectivity index (χ1v) is 8.44. The minimum absolute atomic E-state index is 0.0832. The van der Waals surface area contributed by atoms with E-state index in [4.69, 9.17) is 4.74 Å². The Kier molecular flexibility index (Phi) is 4.97. The van der Waals surface area contributed by atoms with Crippen molar-refractivity contribution in [1.29, 1.82) is 0 Å². The molecule has 0 bridgehead atoms. The van der Waals surface area contributed by atoms with E-state index >= 15 is 0 Å². The maximum atomic E-state index is 13.0. The summed E-state index contributed by atoms with van der Waals surface area (Å²) in [6, 6.07) is 7.80. The van der Waals surface area contributed by atoms with Crippen LogP contribution in [0.25, 0.3) is 5.65 Å². The van der Waals surface area contributed by atoms with E-state index in [1.807, 2.05) is 51.2 Å². The number of carbonyl (C=O) groups is 1. The molecule has 3 aromatic rings. The Morgan fingerprint density at radius 1 is 1.24 bits per heavy atom. The summed E-state index contributed by atoms with van der Waals surface area (Å²) >= 11 is 0. The molecule has 6 nitrogen and oxygen atoms in total. The average molecular weight is 338 g/mol. The number of hydrogen-bond acceptors (Lipinski definition) is 4. The van der Waals surface area contributed by atoms with E-state index in [9.17, 15) is 4.79 Å². The van der Waals surface area contributed by atoms with Gasteiger partial charge in [0.1, 0.15) is 11.3 Å². The van der Waals surface area contributed by atoms with Crippen LogP contribution in [0.4, 0.5) is 0 Å². The quantitative estimate of drug-likeness (QED) is 0.693. The van der Waals surface area contributed by atoms with Gasteiger partial charge in [-0.25, -0.2) is 9.50 Å². The summed E-state index contributed by atoms with van der Waals surface area (Å²) in [5, 5.41) is 4.25. The molecule has 25 heavy (non-hydrogen) atoms. The van der Waals surface area contributed by atoms with Gasteiger partial charge in [-0.3, -0.25) is 4.79 Å². The maximum absolute atomic E-state index is 13.0. The molecule has 1 amide bonds. The molecule has 0 radical (unpaired) electrons. The van der Waals surface area contributed by atoms with Crippen molar-refractivity contribution in [2.45, 2.75) is 27.3 Å². The Morgan fingerprint density at radius 2 is 2.04 bits per heavy atom. The molecule has 0 saturated heterocycles. The van der Waals surface area contributed by atoms with Gasteiger partial charge < -0.3 is 9.64 Å². The fraction of sp³-hybridized carbons (Fsp3) is 0.316. The number of rotatable bonds is 6.